The van der Waals surface area contributed by atoms with E-state index in [1.54, 1.807) is 31.5 Å². The summed E-state index contributed by atoms with van der Waals surface area (Å²) in [5.74, 6) is -1.99. The van der Waals surface area contributed by atoms with Crippen LogP contribution in [0.5, 0.6) is 0 Å². The predicted molar refractivity (Wildman–Crippen MR) is 87.4 cm³/mol. The number of aromatic nitrogens is 6. The molecule has 3 aromatic heterocycles. The summed E-state index contributed by atoms with van der Waals surface area (Å²) in [6.45, 7) is 1.76. The summed E-state index contributed by atoms with van der Waals surface area (Å²) in [4.78, 5) is 20.7. The first-order valence-electron chi connectivity index (χ1n) is 8.02. The van der Waals surface area contributed by atoms with Crippen LogP contribution in [0.15, 0.2) is 24.5 Å². The van der Waals surface area contributed by atoms with Crippen molar-refractivity contribution in [3.63, 3.8) is 0 Å². The molecule has 0 aromatic carbocycles. The highest BCUT2D eigenvalue weighted by molar-refractivity contribution is 6.03. The van der Waals surface area contributed by atoms with Crippen LogP contribution in [0, 0.1) is 6.92 Å². The Bertz CT molecular complexity index is 979. The number of hydrogen-bond donors (Lipinski definition) is 2. The first kappa shape index (κ1) is 16.3. The van der Waals surface area contributed by atoms with Crippen LogP contribution in [0.2, 0.25) is 0 Å². The molecule has 8 nitrogen and oxygen atoms in total. The number of nitrogens with one attached hydrogen (secondary N) is 2. The van der Waals surface area contributed by atoms with Gasteiger partial charge in [0.05, 0.1) is 0 Å². The lowest BCUT2D eigenvalue weighted by atomic mass is 9.92. The zero-order valence-electron chi connectivity index (χ0n) is 13.8. The highest BCUT2D eigenvalue weighted by Gasteiger charge is 2.38. The van der Waals surface area contributed by atoms with Crippen molar-refractivity contribution >= 4 is 11.7 Å². The molecular formula is C16H15F2N7O. The third-order valence-corrected chi connectivity index (χ3v) is 4.17. The van der Waals surface area contributed by atoms with Crippen LogP contribution in [0.4, 0.5) is 14.6 Å². The van der Waals surface area contributed by atoms with Gasteiger partial charge in [0.2, 0.25) is 0 Å². The van der Waals surface area contributed by atoms with Crippen molar-refractivity contribution in [3.8, 4) is 5.82 Å². The van der Waals surface area contributed by atoms with E-state index >= 15 is 0 Å². The van der Waals surface area contributed by atoms with Gasteiger partial charge in [-0.15, -0.1) is 5.10 Å². The Morgan fingerprint density at radius 1 is 1.38 bits per heavy atom. The van der Waals surface area contributed by atoms with E-state index in [0.717, 1.165) is 0 Å². The minimum Gasteiger partial charge on any atom is -0.304 e. The van der Waals surface area contributed by atoms with Gasteiger partial charge < -0.3 is 5.32 Å². The van der Waals surface area contributed by atoms with Crippen LogP contribution in [-0.2, 0) is 12.8 Å². The molecule has 0 unspecified atom stereocenters. The Balaban J connectivity index is 1.54. The third-order valence-electron chi connectivity index (χ3n) is 4.17. The Labute approximate surface area is 146 Å². The summed E-state index contributed by atoms with van der Waals surface area (Å²) in [6.07, 6.45) is 2.67. The number of alkyl halides is 2. The summed E-state index contributed by atoms with van der Waals surface area (Å²) in [6, 6.07) is 3.26. The molecular weight excluding hydrogens is 344 g/mol. The van der Waals surface area contributed by atoms with Crippen molar-refractivity contribution in [1.29, 1.82) is 0 Å². The smallest absolute Gasteiger partial charge is 0.277 e. The van der Waals surface area contributed by atoms with E-state index in [1.165, 1.54) is 4.68 Å². The van der Waals surface area contributed by atoms with E-state index in [1.807, 2.05) is 0 Å². The molecule has 0 aliphatic heterocycles. The van der Waals surface area contributed by atoms with Crippen molar-refractivity contribution < 1.29 is 13.6 Å². The number of aromatic amines is 1. The average molecular weight is 359 g/mol. The molecule has 1 amide bonds. The molecule has 0 saturated carbocycles. The summed E-state index contributed by atoms with van der Waals surface area (Å²) >= 11 is 0. The monoisotopic (exact) mass is 359 g/mol. The van der Waals surface area contributed by atoms with Crippen LogP contribution < -0.4 is 5.32 Å². The molecule has 134 valence electrons. The van der Waals surface area contributed by atoms with E-state index in [0.29, 0.717) is 17.3 Å². The number of halogens is 2. The maximum atomic E-state index is 13.7. The van der Waals surface area contributed by atoms with Crippen molar-refractivity contribution in [2.75, 3.05) is 5.32 Å². The number of aryl methyl sites for hydroxylation is 2. The summed E-state index contributed by atoms with van der Waals surface area (Å²) < 4.78 is 28.8. The quantitative estimate of drug-likeness (QED) is 0.745. The number of amides is 1. The number of carbonyl (C=O) groups excluding carboxylic acids is 1. The number of nitrogens with zero attached hydrogens (tertiary/aromatic N) is 5. The van der Waals surface area contributed by atoms with Gasteiger partial charge in [-0.25, -0.2) is 23.4 Å². The molecule has 4 rings (SSSR count). The number of anilines is 1. The van der Waals surface area contributed by atoms with E-state index in [-0.39, 0.29) is 29.9 Å². The topological polar surface area (TPSA) is 101 Å². The van der Waals surface area contributed by atoms with Gasteiger partial charge in [-0.3, -0.25) is 9.89 Å². The molecule has 0 fully saturated rings. The first-order valence-corrected chi connectivity index (χ1v) is 8.02. The van der Waals surface area contributed by atoms with E-state index in [4.69, 9.17) is 0 Å². The minimum absolute atomic E-state index is 0.0215. The fraction of sp³-hybridized carbons (Fsp3) is 0.312. The molecule has 0 atom stereocenters. The van der Waals surface area contributed by atoms with Gasteiger partial charge in [0.25, 0.3) is 11.8 Å². The van der Waals surface area contributed by atoms with Gasteiger partial charge in [0, 0.05) is 48.6 Å². The van der Waals surface area contributed by atoms with Crippen LogP contribution in [0.1, 0.15) is 34.0 Å². The van der Waals surface area contributed by atoms with Gasteiger partial charge in [-0.1, -0.05) is 0 Å². The lowest BCUT2D eigenvalue weighted by Gasteiger charge is -2.21. The molecule has 0 radical (unpaired) electrons. The molecule has 26 heavy (non-hydrogen) atoms. The van der Waals surface area contributed by atoms with E-state index < -0.39 is 18.3 Å². The van der Waals surface area contributed by atoms with Gasteiger partial charge in [0.15, 0.2) is 17.3 Å². The molecule has 3 aromatic rings. The molecule has 1 aliphatic rings. The minimum atomic E-state index is -2.82. The van der Waals surface area contributed by atoms with E-state index in [9.17, 15) is 13.6 Å². The van der Waals surface area contributed by atoms with Crippen LogP contribution >= 0.6 is 0 Å². The van der Waals surface area contributed by atoms with Crippen molar-refractivity contribution in [1.82, 2.24) is 29.9 Å². The molecule has 2 N–H and O–H groups in total. The van der Waals surface area contributed by atoms with Crippen molar-refractivity contribution in [2.45, 2.75) is 32.1 Å². The molecule has 3 heterocycles. The Morgan fingerprint density at radius 3 is 3.04 bits per heavy atom. The lowest BCUT2D eigenvalue weighted by molar-refractivity contribution is -0.0125. The number of rotatable bonds is 3. The highest BCUT2D eigenvalue weighted by Crippen LogP contribution is 2.33. The highest BCUT2D eigenvalue weighted by atomic mass is 19.3. The van der Waals surface area contributed by atoms with Crippen LogP contribution in [0.25, 0.3) is 5.82 Å². The molecule has 0 saturated heterocycles. The molecule has 10 heteroatoms. The molecule has 0 spiro atoms. The Hall–Kier alpha value is -3.17. The number of carbonyl (C=O) groups is 1. The van der Waals surface area contributed by atoms with Crippen molar-refractivity contribution in [2.24, 2.45) is 0 Å². The van der Waals surface area contributed by atoms with Crippen molar-refractivity contribution in [3.05, 3.63) is 47.3 Å². The van der Waals surface area contributed by atoms with Gasteiger partial charge in [-0.05, 0) is 13.3 Å². The largest absolute Gasteiger partial charge is 0.304 e. The normalized spacial score (nSPS) is 15.5. The Kier molecular flexibility index (Phi) is 3.74. The second-order valence-electron chi connectivity index (χ2n) is 6.12. The predicted octanol–water partition coefficient (Wildman–Crippen LogP) is 2.07. The molecule has 1 aliphatic carbocycles. The van der Waals surface area contributed by atoms with E-state index in [2.05, 4.69) is 30.6 Å². The molecule has 0 bridgehead atoms. The standard InChI is InChI=1S/C16H15F2N7O/c1-9-19-6-3-13(20-9)25-7-4-12(24-25)21-15(26)14-10-8-16(17,18)5-2-11(10)22-23-14/h3-4,6-7H,2,5,8H2,1H3,(H,22,23)(H,21,24,26). The zero-order valence-corrected chi connectivity index (χ0v) is 13.8. The van der Waals surface area contributed by atoms with Gasteiger partial charge in [-0.2, -0.15) is 5.10 Å². The number of hydrogen-bond acceptors (Lipinski definition) is 5. The van der Waals surface area contributed by atoms with Gasteiger partial charge >= 0.3 is 0 Å². The van der Waals surface area contributed by atoms with Crippen LogP contribution in [0.3, 0.4) is 0 Å². The lowest BCUT2D eigenvalue weighted by Crippen LogP contribution is -2.27. The van der Waals surface area contributed by atoms with Crippen LogP contribution in [-0.4, -0.2) is 41.8 Å². The Morgan fingerprint density at radius 2 is 2.23 bits per heavy atom. The summed E-state index contributed by atoms with van der Waals surface area (Å²) in [5, 5.41) is 13.4. The third kappa shape index (κ3) is 3.05. The average Bonchev–Trinajstić information content (AvgIpc) is 3.20. The fourth-order valence-electron chi connectivity index (χ4n) is 2.91. The second kappa shape index (κ2) is 5.97. The fourth-order valence-corrected chi connectivity index (χ4v) is 2.91. The second-order valence-corrected chi connectivity index (χ2v) is 6.12. The number of fused-ring (bicyclic) bond motifs is 1. The summed E-state index contributed by atoms with van der Waals surface area (Å²) in [7, 11) is 0. The zero-order chi connectivity index (χ0) is 18.3. The maximum absolute atomic E-state index is 13.7. The van der Waals surface area contributed by atoms with Gasteiger partial charge in [0.1, 0.15) is 5.82 Å². The first-order chi connectivity index (χ1) is 12.4. The number of H-pyrrole nitrogens is 1. The SMILES string of the molecule is Cc1nccc(-n2ccc(NC(=O)c3n[nH]c4c3CC(F)(F)CC4)n2)n1. The maximum Gasteiger partial charge on any atom is 0.277 e. The summed E-state index contributed by atoms with van der Waals surface area (Å²) in [5.41, 5.74) is 0.833.